The third kappa shape index (κ3) is 12.3. The summed E-state index contributed by atoms with van der Waals surface area (Å²) in [6, 6.07) is 8.70. The van der Waals surface area contributed by atoms with Crippen molar-refractivity contribution in [2.24, 2.45) is 11.3 Å². The third-order valence-corrected chi connectivity index (χ3v) is 3.24. The molecule has 164 valence electrons. The van der Waals surface area contributed by atoms with Crippen molar-refractivity contribution >= 4 is 10.9 Å². The molecule has 1 aromatic carbocycles. The zero-order chi connectivity index (χ0) is 22.9. The van der Waals surface area contributed by atoms with Crippen molar-refractivity contribution < 1.29 is 0 Å². The van der Waals surface area contributed by atoms with Gasteiger partial charge in [0.05, 0.1) is 0 Å². The van der Waals surface area contributed by atoms with E-state index in [9.17, 15) is 0 Å². The molecule has 1 heterocycles. The SMILES string of the molecule is CC.CC(C)(C)C.CC(C)(C)c1cn(C(C)(C)C)c2ccccc12.CC(C)C. The van der Waals surface area contributed by atoms with Crippen LogP contribution in [-0.4, -0.2) is 4.57 Å². The van der Waals surface area contributed by atoms with Crippen LogP contribution >= 0.6 is 0 Å². The normalized spacial score (nSPS) is 11.7. The smallest absolute Gasteiger partial charge is 0.0488 e. The van der Waals surface area contributed by atoms with Gasteiger partial charge in [0.15, 0.2) is 0 Å². The van der Waals surface area contributed by atoms with Gasteiger partial charge in [-0.05, 0) is 49.1 Å². The zero-order valence-electron chi connectivity index (χ0n) is 21.9. The maximum absolute atomic E-state index is 2.39. The van der Waals surface area contributed by atoms with E-state index in [0.717, 1.165) is 5.92 Å². The second kappa shape index (κ2) is 11.7. The number of nitrogens with zero attached hydrogens (tertiary/aromatic N) is 1. The maximum atomic E-state index is 2.39. The lowest BCUT2D eigenvalue weighted by Gasteiger charge is -2.23. The lowest BCUT2D eigenvalue weighted by Crippen LogP contribution is -2.20. The second-order valence-corrected chi connectivity index (χ2v) is 11.6. The van der Waals surface area contributed by atoms with Gasteiger partial charge in [-0.3, -0.25) is 0 Å². The van der Waals surface area contributed by atoms with Gasteiger partial charge in [0.1, 0.15) is 0 Å². The van der Waals surface area contributed by atoms with E-state index in [0.29, 0.717) is 5.41 Å². The van der Waals surface area contributed by atoms with Crippen LogP contribution in [0.5, 0.6) is 0 Å². The molecule has 2 aromatic rings. The van der Waals surface area contributed by atoms with Crippen LogP contribution < -0.4 is 0 Å². The van der Waals surface area contributed by atoms with E-state index < -0.39 is 0 Å². The third-order valence-electron chi connectivity index (χ3n) is 3.24. The van der Waals surface area contributed by atoms with Crippen LogP contribution in [-0.2, 0) is 11.0 Å². The largest absolute Gasteiger partial charge is 0.342 e. The van der Waals surface area contributed by atoms with Gasteiger partial charge in [0.2, 0.25) is 0 Å². The van der Waals surface area contributed by atoms with Crippen LogP contribution in [0.3, 0.4) is 0 Å². The molecule has 2 rings (SSSR count). The molecule has 0 unspecified atom stereocenters. The molecule has 0 aliphatic carbocycles. The molecular formula is C27H51N. The summed E-state index contributed by atoms with van der Waals surface area (Å²) in [4.78, 5) is 0. The Bertz CT molecular complexity index is 595. The number of aromatic nitrogens is 1. The lowest BCUT2D eigenvalue weighted by molar-refractivity contribution is 0.408. The summed E-state index contributed by atoms with van der Waals surface area (Å²) in [5.41, 5.74) is 3.59. The Morgan fingerprint density at radius 3 is 1.39 bits per heavy atom. The molecule has 0 atom stereocenters. The average molecular weight is 390 g/mol. The van der Waals surface area contributed by atoms with E-state index >= 15 is 0 Å². The molecule has 0 N–H and O–H groups in total. The highest BCUT2D eigenvalue weighted by Gasteiger charge is 2.23. The monoisotopic (exact) mass is 389 g/mol. The van der Waals surface area contributed by atoms with Crippen LogP contribution in [0.4, 0.5) is 0 Å². The molecule has 0 saturated heterocycles. The first-order chi connectivity index (χ1) is 12.4. The van der Waals surface area contributed by atoms with Crippen molar-refractivity contribution in [3.05, 3.63) is 36.0 Å². The van der Waals surface area contributed by atoms with E-state index in [-0.39, 0.29) is 11.0 Å². The van der Waals surface area contributed by atoms with Crippen molar-refractivity contribution in [1.29, 1.82) is 0 Å². The zero-order valence-corrected chi connectivity index (χ0v) is 21.9. The maximum Gasteiger partial charge on any atom is 0.0488 e. The highest BCUT2D eigenvalue weighted by Crippen LogP contribution is 2.34. The first-order valence-corrected chi connectivity index (χ1v) is 11.1. The average Bonchev–Trinajstić information content (AvgIpc) is 2.86. The fraction of sp³-hybridized carbons (Fsp3) is 0.704. The molecular weight excluding hydrogens is 338 g/mol. The number of fused-ring (bicyclic) bond motifs is 1. The number of benzene rings is 1. The van der Waals surface area contributed by atoms with Crippen molar-refractivity contribution in [2.45, 2.75) is 115 Å². The van der Waals surface area contributed by atoms with Crippen molar-refractivity contribution in [1.82, 2.24) is 4.57 Å². The summed E-state index contributed by atoms with van der Waals surface area (Å²) < 4.78 is 2.39. The molecule has 0 aliphatic heterocycles. The Hall–Kier alpha value is -1.24. The molecule has 0 aliphatic rings. The molecule has 1 aromatic heterocycles. The number of para-hydroxylation sites is 1. The summed E-state index contributed by atoms with van der Waals surface area (Å²) in [6.45, 7) is 32.9. The minimum Gasteiger partial charge on any atom is -0.342 e. The van der Waals surface area contributed by atoms with Crippen LogP contribution in [0.15, 0.2) is 30.5 Å². The van der Waals surface area contributed by atoms with Crippen LogP contribution in [0.1, 0.15) is 109 Å². The minimum atomic E-state index is 0.128. The number of hydrogen-bond acceptors (Lipinski definition) is 0. The highest BCUT2D eigenvalue weighted by atomic mass is 15.0. The summed E-state index contributed by atoms with van der Waals surface area (Å²) in [6.07, 6.45) is 2.32. The molecule has 1 nitrogen and oxygen atoms in total. The summed E-state index contributed by atoms with van der Waals surface area (Å²) in [5, 5.41) is 1.38. The Balaban J connectivity index is 0. The Kier molecular flexibility index (Phi) is 12.1. The first-order valence-electron chi connectivity index (χ1n) is 11.1. The van der Waals surface area contributed by atoms with Gasteiger partial charge in [-0.1, -0.05) is 101 Å². The van der Waals surface area contributed by atoms with Gasteiger partial charge < -0.3 is 4.57 Å². The molecule has 0 spiro atoms. The van der Waals surface area contributed by atoms with Gasteiger partial charge in [-0.2, -0.15) is 0 Å². The number of hydrogen-bond donors (Lipinski definition) is 0. The van der Waals surface area contributed by atoms with Crippen LogP contribution in [0.2, 0.25) is 0 Å². The van der Waals surface area contributed by atoms with Crippen molar-refractivity contribution in [3.63, 3.8) is 0 Å². The summed E-state index contributed by atoms with van der Waals surface area (Å²) in [7, 11) is 0. The van der Waals surface area contributed by atoms with Gasteiger partial charge in [-0.25, -0.2) is 0 Å². The Morgan fingerprint density at radius 2 is 1.07 bits per heavy atom. The number of rotatable bonds is 0. The first kappa shape index (κ1) is 29.0. The van der Waals surface area contributed by atoms with Crippen molar-refractivity contribution in [2.75, 3.05) is 0 Å². The van der Waals surface area contributed by atoms with E-state index in [1.165, 1.54) is 16.5 Å². The predicted molar refractivity (Wildman–Crippen MR) is 133 cm³/mol. The topological polar surface area (TPSA) is 4.93 Å². The molecule has 0 saturated carbocycles. The van der Waals surface area contributed by atoms with Gasteiger partial charge in [0.25, 0.3) is 0 Å². The molecule has 0 fully saturated rings. The molecule has 28 heavy (non-hydrogen) atoms. The summed E-state index contributed by atoms with van der Waals surface area (Å²) >= 11 is 0. The van der Waals surface area contributed by atoms with E-state index in [1.807, 2.05) is 13.8 Å². The molecule has 0 bridgehead atoms. The predicted octanol–water partition coefficient (Wildman–Crippen LogP) is 9.43. The van der Waals surface area contributed by atoms with Crippen LogP contribution in [0.25, 0.3) is 10.9 Å². The lowest BCUT2D eigenvalue weighted by atomic mass is 9.87. The Morgan fingerprint density at radius 1 is 0.714 bits per heavy atom. The van der Waals surface area contributed by atoms with E-state index in [1.54, 1.807) is 0 Å². The fourth-order valence-electron chi connectivity index (χ4n) is 2.33. The fourth-order valence-corrected chi connectivity index (χ4v) is 2.33. The van der Waals surface area contributed by atoms with Gasteiger partial charge in [0, 0.05) is 22.6 Å². The quantitative estimate of drug-likeness (QED) is 0.423. The standard InChI is InChI=1S/C16H23N.C5H12.C4H10.C2H6/c1-15(2,3)13-11-17(16(4,5)6)14-10-8-7-9-12(13)14;1-5(2,3)4;1-4(2)3;1-2/h7-11H,1-6H3;1-4H3;4H,1-3H3;1-2H3. The van der Waals surface area contributed by atoms with Crippen molar-refractivity contribution in [3.8, 4) is 0 Å². The summed E-state index contributed by atoms with van der Waals surface area (Å²) in [5.74, 6) is 0.833. The van der Waals surface area contributed by atoms with Gasteiger partial charge >= 0.3 is 0 Å². The van der Waals surface area contributed by atoms with E-state index in [4.69, 9.17) is 0 Å². The highest BCUT2D eigenvalue weighted by molar-refractivity contribution is 5.85. The van der Waals surface area contributed by atoms with Gasteiger partial charge in [-0.15, -0.1) is 0 Å². The van der Waals surface area contributed by atoms with E-state index in [2.05, 4.69) is 125 Å². The molecule has 0 amide bonds. The Labute approximate surface area is 177 Å². The minimum absolute atomic E-state index is 0.128. The molecule has 1 heteroatoms. The second-order valence-electron chi connectivity index (χ2n) is 11.6. The molecule has 0 radical (unpaired) electrons. The van der Waals surface area contributed by atoms with Crippen LogP contribution in [0, 0.1) is 11.3 Å².